The van der Waals surface area contributed by atoms with E-state index in [2.05, 4.69) is 15.5 Å². The van der Waals surface area contributed by atoms with Crippen LogP contribution >= 0.6 is 0 Å². The van der Waals surface area contributed by atoms with Gasteiger partial charge in [-0.1, -0.05) is 0 Å². The molecule has 0 aromatic heterocycles. The molecule has 5 nitrogen and oxygen atoms in total. The Bertz CT molecular complexity index is 742. The summed E-state index contributed by atoms with van der Waals surface area (Å²) < 4.78 is 29.4. The second kappa shape index (κ2) is 6.16. The van der Waals surface area contributed by atoms with Crippen LogP contribution in [0, 0.1) is 11.6 Å². The van der Waals surface area contributed by atoms with Crippen molar-refractivity contribution < 1.29 is 13.6 Å². The molecule has 3 atom stereocenters. The van der Waals surface area contributed by atoms with Crippen LogP contribution in [0.2, 0.25) is 0 Å². The molecule has 6 rings (SSSR count). The zero-order chi connectivity index (χ0) is 17.8. The molecule has 7 heteroatoms. The Morgan fingerprint density at radius 3 is 2.54 bits per heavy atom. The Labute approximate surface area is 151 Å². The number of halogens is 2. The Hall–Kier alpha value is -1.73. The second-order valence-corrected chi connectivity index (χ2v) is 7.96. The van der Waals surface area contributed by atoms with Gasteiger partial charge in [0.1, 0.15) is 11.6 Å². The molecular formula is C19H24F2N4O. The van der Waals surface area contributed by atoms with Gasteiger partial charge in [-0.15, -0.1) is 0 Å². The molecule has 0 saturated carbocycles. The molecule has 4 saturated heterocycles. The van der Waals surface area contributed by atoms with Gasteiger partial charge in [0.25, 0.3) is 5.91 Å². The highest BCUT2D eigenvalue weighted by molar-refractivity contribution is 6.00. The van der Waals surface area contributed by atoms with Gasteiger partial charge in [0.15, 0.2) is 0 Å². The van der Waals surface area contributed by atoms with Gasteiger partial charge in [-0.25, -0.2) is 8.78 Å². The maximum Gasteiger partial charge on any atom is 0.257 e. The third-order valence-electron chi connectivity index (χ3n) is 6.46. The van der Waals surface area contributed by atoms with Crippen molar-refractivity contribution in [3.63, 3.8) is 0 Å². The van der Waals surface area contributed by atoms with Crippen molar-refractivity contribution >= 4 is 11.6 Å². The Kier molecular flexibility index (Phi) is 3.90. The average molecular weight is 362 g/mol. The lowest BCUT2D eigenvalue weighted by molar-refractivity contribution is 0.0671. The fraction of sp³-hybridized carbons (Fsp3) is 0.632. The average Bonchev–Trinajstić information content (AvgIpc) is 3.01. The molecule has 2 N–H and O–H groups in total. The van der Waals surface area contributed by atoms with Crippen LogP contribution in [0.25, 0.3) is 0 Å². The molecule has 140 valence electrons. The molecular weight excluding hydrogens is 338 g/mol. The molecule has 0 radical (unpaired) electrons. The van der Waals surface area contributed by atoms with E-state index in [1.807, 2.05) is 0 Å². The maximum atomic E-state index is 14.9. The van der Waals surface area contributed by atoms with E-state index in [1.165, 1.54) is 0 Å². The van der Waals surface area contributed by atoms with Crippen LogP contribution in [0.4, 0.5) is 14.5 Å². The third kappa shape index (κ3) is 2.44. The summed E-state index contributed by atoms with van der Waals surface area (Å²) in [6, 6.07) is 1.52. The van der Waals surface area contributed by atoms with E-state index in [9.17, 15) is 13.6 Å². The van der Waals surface area contributed by atoms with E-state index in [1.54, 1.807) is 4.90 Å². The summed E-state index contributed by atoms with van der Waals surface area (Å²) in [5, 5.41) is 6.77. The van der Waals surface area contributed by atoms with Gasteiger partial charge in [0, 0.05) is 55.9 Å². The highest BCUT2D eigenvalue weighted by atomic mass is 19.1. The van der Waals surface area contributed by atoms with Crippen LogP contribution in [0.15, 0.2) is 6.07 Å². The van der Waals surface area contributed by atoms with Crippen LogP contribution in [-0.4, -0.2) is 55.1 Å². The van der Waals surface area contributed by atoms with E-state index in [-0.39, 0.29) is 23.6 Å². The standard InChI is InChI=1S/C19H24F2N4O/c20-15-6-16(21)18(24-9-11-3-4-13(24)8-23-11)14-10-25(19(26)17(14)15)12-2-1-5-22-7-12/h6,11-13,22-23H,1-5,7-10H2. The van der Waals surface area contributed by atoms with Gasteiger partial charge in [0.05, 0.1) is 11.3 Å². The first kappa shape index (κ1) is 16.4. The lowest BCUT2D eigenvalue weighted by Crippen LogP contribution is -2.61. The Morgan fingerprint density at radius 2 is 1.88 bits per heavy atom. The molecule has 2 bridgehead atoms. The van der Waals surface area contributed by atoms with E-state index < -0.39 is 11.6 Å². The zero-order valence-electron chi connectivity index (χ0n) is 14.7. The van der Waals surface area contributed by atoms with Crippen LogP contribution in [0.5, 0.6) is 0 Å². The number of anilines is 1. The van der Waals surface area contributed by atoms with Gasteiger partial charge in [-0.2, -0.15) is 0 Å². The minimum atomic E-state index is -0.724. The quantitative estimate of drug-likeness (QED) is 0.839. The number of rotatable bonds is 2. The first-order valence-electron chi connectivity index (χ1n) is 9.66. The van der Waals surface area contributed by atoms with Gasteiger partial charge in [-0.3, -0.25) is 4.79 Å². The van der Waals surface area contributed by atoms with Gasteiger partial charge in [-0.05, 0) is 32.2 Å². The number of carbonyl (C=O) groups excluding carboxylic acids is 1. The van der Waals surface area contributed by atoms with E-state index in [0.717, 1.165) is 57.9 Å². The molecule has 5 aliphatic rings. The number of carbonyl (C=O) groups is 1. The Balaban J connectivity index is 1.54. The smallest absolute Gasteiger partial charge is 0.257 e. The lowest BCUT2D eigenvalue weighted by Gasteiger charge is -2.47. The van der Waals surface area contributed by atoms with Crippen molar-refractivity contribution in [2.24, 2.45) is 0 Å². The van der Waals surface area contributed by atoms with Gasteiger partial charge < -0.3 is 20.4 Å². The van der Waals surface area contributed by atoms with E-state index in [4.69, 9.17) is 0 Å². The zero-order valence-corrected chi connectivity index (χ0v) is 14.7. The molecule has 5 aliphatic heterocycles. The van der Waals surface area contributed by atoms with Crippen LogP contribution in [-0.2, 0) is 6.54 Å². The first-order chi connectivity index (χ1) is 12.6. The molecule has 26 heavy (non-hydrogen) atoms. The highest BCUT2D eigenvalue weighted by Crippen LogP contribution is 2.40. The molecule has 4 fully saturated rings. The number of piperazine rings is 1. The number of benzene rings is 1. The van der Waals surface area contributed by atoms with Crippen molar-refractivity contribution in [2.45, 2.75) is 50.4 Å². The number of hydrogen-bond donors (Lipinski definition) is 2. The number of amides is 1. The summed E-state index contributed by atoms with van der Waals surface area (Å²) >= 11 is 0. The molecule has 3 unspecified atom stereocenters. The van der Waals surface area contributed by atoms with Crippen LogP contribution in [0.1, 0.15) is 41.6 Å². The normalized spacial score (nSPS) is 30.8. The number of hydrogen-bond acceptors (Lipinski definition) is 4. The van der Waals surface area contributed by atoms with Crippen LogP contribution < -0.4 is 15.5 Å². The topological polar surface area (TPSA) is 47.6 Å². The fourth-order valence-corrected chi connectivity index (χ4v) is 5.12. The van der Waals surface area contributed by atoms with E-state index in [0.29, 0.717) is 23.8 Å². The summed E-state index contributed by atoms with van der Waals surface area (Å²) in [4.78, 5) is 16.7. The number of nitrogens with one attached hydrogen (secondary N) is 2. The maximum absolute atomic E-state index is 14.9. The highest BCUT2D eigenvalue weighted by Gasteiger charge is 2.42. The number of nitrogens with zero attached hydrogens (tertiary/aromatic N) is 2. The summed E-state index contributed by atoms with van der Waals surface area (Å²) in [5.41, 5.74) is 1.09. The summed E-state index contributed by atoms with van der Waals surface area (Å²) in [7, 11) is 0. The predicted molar refractivity (Wildman–Crippen MR) is 94.3 cm³/mol. The molecule has 5 heterocycles. The van der Waals surface area contributed by atoms with Crippen molar-refractivity contribution in [2.75, 3.05) is 31.1 Å². The first-order valence-corrected chi connectivity index (χ1v) is 9.66. The molecule has 1 aromatic rings. The number of piperidine rings is 3. The molecule has 1 amide bonds. The SMILES string of the molecule is O=C1c2c(F)cc(F)c(N3CC4CCC3CN4)c2CN1C1CCCNC1. The molecule has 0 spiro atoms. The van der Waals surface area contributed by atoms with Crippen LogP contribution in [0.3, 0.4) is 0 Å². The van der Waals surface area contributed by atoms with Gasteiger partial charge >= 0.3 is 0 Å². The lowest BCUT2D eigenvalue weighted by atomic mass is 9.91. The Morgan fingerprint density at radius 1 is 1.04 bits per heavy atom. The van der Waals surface area contributed by atoms with Gasteiger partial charge in [0.2, 0.25) is 0 Å². The number of fused-ring (bicyclic) bond motifs is 4. The minimum Gasteiger partial charge on any atom is -0.363 e. The largest absolute Gasteiger partial charge is 0.363 e. The third-order valence-corrected chi connectivity index (χ3v) is 6.46. The van der Waals surface area contributed by atoms with E-state index >= 15 is 0 Å². The van der Waals surface area contributed by atoms with Crippen molar-refractivity contribution in [1.82, 2.24) is 15.5 Å². The second-order valence-electron chi connectivity index (χ2n) is 7.96. The summed E-state index contributed by atoms with van der Waals surface area (Å²) in [6.07, 6.45) is 4.00. The fourth-order valence-electron chi connectivity index (χ4n) is 5.12. The summed E-state index contributed by atoms with van der Waals surface area (Å²) in [5.74, 6) is -1.55. The minimum absolute atomic E-state index is 0.0541. The molecule has 0 aliphatic carbocycles. The van der Waals surface area contributed by atoms with Crippen molar-refractivity contribution in [3.05, 3.63) is 28.8 Å². The summed E-state index contributed by atoms with van der Waals surface area (Å²) in [6.45, 7) is 3.52. The monoisotopic (exact) mass is 362 g/mol. The van der Waals surface area contributed by atoms with Crippen molar-refractivity contribution in [3.8, 4) is 0 Å². The molecule has 1 aromatic carbocycles. The van der Waals surface area contributed by atoms with Crippen molar-refractivity contribution in [1.29, 1.82) is 0 Å². The predicted octanol–water partition coefficient (Wildman–Crippen LogP) is 1.61.